The fourth-order valence-electron chi connectivity index (χ4n) is 0.770. The van der Waals surface area contributed by atoms with E-state index >= 15 is 0 Å². The van der Waals surface area contributed by atoms with Crippen LogP contribution in [0.1, 0.15) is 27.7 Å². The Morgan fingerprint density at radius 3 is 1.54 bits per heavy atom. The Bertz CT molecular complexity index is 114. The summed E-state index contributed by atoms with van der Waals surface area (Å²) >= 11 is 2.43. The molecule has 0 aromatic heterocycles. The smallest absolute Gasteiger partial charge is 0.0726 e. The van der Waals surface area contributed by atoms with Crippen LogP contribution in [-0.4, -0.2) is 51.9 Å². The Hall–Kier alpha value is -0.0505. The third-order valence-electron chi connectivity index (χ3n) is 1.60. The number of nitrogens with two attached hydrogens (primary N) is 1. The standard InChI is InChI=1S/C5H11NOSe.C4H11N/c1-3-6(4-2)5(7)8;1-3-5-4-2/h3-4H2,1-2H3,(H,7,8);5H,3-4H2,1-2H3. The number of hydrogen-bond acceptors (Lipinski definition) is 1. The van der Waals surface area contributed by atoms with E-state index in [0.717, 1.165) is 13.1 Å². The summed E-state index contributed by atoms with van der Waals surface area (Å²) in [7, 11) is 0. The first-order chi connectivity index (χ1) is 6.13. The predicted octanol–water partition coefficient (Wildman–Crippen LogP) is 0.206. The molecule has 0 atom stereocenters. The second kappa shape index (κ2) is 11.9. The fourth-order valence-corrected chi connectivity index (χ4v) is 1.31. The quantitative estimate of drug-likeness (QED) is 0.714. The molecule has 13 heavy (non-hydrogen) atoms. The van der Waals surface area contributed by atoms with Gasteiger partial charge in [0, 0.05) is 0 Å². The molecule has 0 fully saturated rings. The van der Waals surface area contributed by atoms with Crippen molar-refractivity contribution in [3.63, 3.8) is 0 Å². The molecule has 4 heteroatoms. The van der Waals surface area contributed by atoms with E-state index in [1.54, 1.807) is 4.90 Å². The topological polar surface area (TPSA) is 36.9 Å². The van der Waals surface area contributed by atoms with Gasteiger partial charge < -0.3 is 5.32 Å². The van der Waals surface area contributed by atoms with Gasteiger partial charge in [0.2, 0.25) is 0 Å². The van der Waals surface area contributed by atoms with Crippen LogP contribution in [0.5, 0.6) is 0 Å². The first-order valence-electron chi connectivity index (χ1n) is 4.91. The summed E-state index contributed by atoms with van der Waals surface area (Å²) in [5, 5.41) is 2.25. The molecule has 2 N–H and O–H groups in total. The first kappa shape index (κ1) is 15.4. The molecule has 0 saturated heterocycles. The summed E-state index contributed by atoms with van der Waals surface area (Å²) in [4.78, 5) is 12.2. The van der Waals surface area contributed by atoms with Gasteiger partial charge in [-0.2, -0.15) is 0 Å². The van der Waals surface area contributed by atoms with Crippen LogP contribution in [0, 0.1) is 0 Å². The average molecular weight is 253 g/mol. The van der Waals surface area contributed by atoms with Crippen molar-refractivity contribution in [3.05, 3.63) is 0 Å². The van der Waals surface area contributed by atoms with Crippen LogP contribution < -0.4 is 5.32 Å². The first-order valence-corrected chi connectivity index (χ1v) is 5.77. The third kappa shape index (κ3) is 11.9. The van der Waals surface area contributed by atoms with Gasteiger partial charge in [-0.3, -0.25) is 0 Å². The number of nitrogens with zero attached hydrogens (tertiary/aromatic N) is 1. The number of hydrogen-bond donors (Lipinski definition) is 1. The molecule has 0 rings (SSSR count). The second-order valence-corrected chi connectivity index (χ2v) is 3.28. The molecule has 0 bridgehead atoms. The Morgan fingerprint density at radius 1 is 1.15 bits per heavy atom. The fraction of sp³-hybridized carbons (Fsp3) is 0.889. The zero-order valence-electron chi connectivity index (χ0n) is 9.17. The van der Waals surface area contributed by atoms with Gasteiger partial charge in [-0.15, -0.1) is 0 Å². The molecule has 0 spiro atoms. The van der Waals surface area contributed by atoms with E-state index in [-0.39, 0.29) is 4.81 Å². The molecular formula is C9H22N2OSe. The summed E-state index contributed by atoms with van der Waals surface area (Å²) in [6, 6.07) is 0. The van der Waals surface area contributed by atoms with E-state index < -0.39 is 0 Å². The number of quaternary nitrogens is 1. The summed E-state index contributed by atoms with van der Waals surface area (Å²) < 4.78 is 0. The summed E-state index contributed by atoms with van der Waals surface area (Å²) in [5.74, 6) is 0. The molecule has 0 aliphatic heterocycles. The van der Waals surface area contributed by atoms with Crippen LogP contribution in [0.2, 0.25) is 0 Å². The summed E-state index contributed by atoms with van der Waals surface area (Å²) in [6.07, 6.45) is 0. The van der Waals surface area contributed by atoms with Crippen molar-refractivity contribution in [1.82, 2.24) is 4.90 Å². The number of carbonyl (C=O) groups is 1. The molecule has 0 radical (unpaired) electrons. The van der Waals surface area contributed by atoms with Crippen molar-refractivity contribution in [2.75, 3.05) is 26.2 Å². The molecule has 1 amide bonds. The van der Waals surface area contributed by atoms with Crippen molar-refractivity contribution < 1.29 is 10.1 Å². The minimum atomic E-state index is 0.0370. The maximum atomic E-state index is 10.5. The molecule has 0 aromatic carbocycles. The van der Waals surface area contributed by atoms with Crippen molar-refractivity contribution in [2.24, 2.45) is 0 Å². The Labute approximate surface area is 90.1 Å². The van der Waals surface area contributed by atoms with E-state index in [2.05, 4.69) is 35.2 Å². The molecule has 0 heterocycles. The van der Waals surface area contributed by atoms with Gasteiger partial charge >= 0.3 is 57.4 Å². The van der Waals surface area contributed by atoms with Crippen molar-refractivity contribution in [2.45, 2.75) is 27.7 Å². The molecule has 0 aromatic rings. The van der Waals surface area contributed by atoms with E-state index in [0.29, 0.717) is 0 Å². The Kier molecular flexibility index (Phi) is 14.2. The van der Waals surface area contributed by atoms with Gasteiger partial charge in [0.25, 0.3) is 0 Å². The number of amides is 1. The van der Waals surface area contributed by atoms with Gasteiger partial charge in [0.1, 0.15) is 0 Å². The summed E-state index contributed by atoms with van der Waals surface area (Å²) in [6.45, 7) is 12.3. The van der Waals surface area contributed by atoms with Crippen LogP contribution >= 0.6 is 0 Å². The summed E-state index contributed by atoms with van der Waals surface area (Å²) in [5.41, 5.74) is 0. The number of rotatable bonds is 4. The third-order valence-corrected chi connectivity index (χ3v) is 2.14. The van der Waals surface area contributed by atoms with Gasteiger partial charge in [-0.25, -0.2) is 0 Å². The van der Waals surface area contributed by atoms with Crippen LogP contribution in [-0.2, 0) is 0 Å². The van der Waals surface area contributed by atoms with Crippen molar-refractivity contribution in [1.29, 1.82) is 0 Å². The van der Waals surface area contributed by atoms with Crippen LogP contribution in [0.25, 0.3) is 0 Å². The van der Waals surface area contributed by atoms with E-state index in [1.165, 1.54) is 13.1 Å². The molecule has 0 aliphatic rings. The van der Waals surface area contributed by atoms with Crippen molar-refractivity contribution in [3.8, 4) is 0 Å². The molecule has 0 aliphatic carbocycles. The van der Waals surface area contributed by atoms with Gasteiger partial charge in [-0.1, -0.05) is 0 Å². The monoisotopic (exact) mass is 254 g/mol. The Balaban J connectivity index is 0. The molecule has 3 nitrogen and oxygen atoms in total. The van der Waals surface area contributed by atoms with Gasteiger partial charge in [0.05, 0.1) is 13.1 Å². The molecule has 0 saturated carbocycles. The largest absolute Gasteiger partial charge is 0.347 e. The van der Waals surface area contributed by atoms with E-state index in [4.69, 9.17) is 0 Å². The van der Waals surface area contributed by atoms with E-state index in [1.807, 2.05) is 13.8 Å². The average Bonchev–Trinajstić information content (AvgIpc) is 2.08. The van der Waals surface area contributed by atoms with Crippen LogP contribution in [0.15, 0.2) is 0 Å². The maximum absolute atomic E-state index is 10.5. The number of carbonyl (C=O) groups excluding carboxylic acids is 1. The molecular weight excluding hydrogens is 231 g/mol. The van der Waals surface area contributed by atoms with Gasteiger partial charge in [-0.05, 0) is 13.8 Å². The molecule has 80 valence electrons. The molecule has 0 unspecified atom stereocenters. The minimum absolute atomic E-state index is 0.0370. The van der Waals surface area contributed by atoms with E-state index in [9.17, 15) is 4.79 Å². The zero-order chi connectivity index (χ0) is 10.7. The minimum Gasteiger partial charge on any atom is -0.347 e. The SMILES string of the molecule is CCN(CC)C(=O)[Se-].CC[NH2+]CC. The van der Waals surface area contributed by atoms with Crippen molar-refractivity contribution >= 4 is 20.8 Å². The van der Waals surface area contributed by atoms with Crippen LogP contribution in [0.3, 0.4) is 0 Å². The zero-order valence-corrected chi connectivity index (χ0v) is 10.9. The van der Waals surface area contributed by atoms with Gasteiger partial charge in [0.15, 0.2) is 0 Å². The maximum Gasteiger partial charge on any atom is 0.0726 e. The second-order valence-electron chi connectivity index (χ2n) is 2.54. The normalized spacial score (nSPS) is 8.62. The Morgan fingerprint density at radius 2 is 1.54 bits per heavy atom. The predicted molar refractivity (Wildman–Crippen MR) is 57.1 cm³/mol. The van der Waals surface area contributed by atoms with Crippen LogP contribution in [0.4, 0.5) is 4.79 Å².